The first-order valence-corrected chi connectivity index (χ1v) is 7.59. The molecule has 0 heterocycles. The van der Waals surface area contributed by atoms with E-state index in [0.717, 1.165) is 18.4 Å². The molecule has 1 amide bonds. The van der Waals surface area contributed by atoms with Gasteiger partial charge in [-0.1, -0.05) is 38.3 Å². The maximum atomic E-state index is 12.5. The van der Waals surface area contributed by atoms with Crippen molar-refractivity contribution in [3.05, 3.63) is 28.3 Å². The number of rotatable bonds is 4. The summed E-state index contributed by atoms with van der Waals surface area (Å²) >= 11 is 6.23. The lowest BCUT2D eigenvalue weighted by atomic mass is 9.99. The molecule has 1 aliphatic carbocycles. The Balaban J connectivity index is 2.29. The van der Waals surface area contributed by atoms with Crippen LogP contribution in [0, 0.1) is 0 Å². The van der Waals surface area contributed by atoms with Crippen molar-refractivity contribution in [3.63, 3.8) is 0 Å². The first-order valence-electron chi connectivity index (χ1n) is 7.21. The Bertz CT molecular complexity index is 493. The molecule has 2 rings (SSSR count). The summed E-state index contributed by atoms with van der Waals surface area (Å²) in [5.41, 5.74) is 1.59. The van der Waals surface area contributed by atoms with Gasteiger partial charge in [-0.15, -0.1) is 0 Å². The van der Waals surface area contributed by atoms with E-state index in [9.17, 15) is 4.79 Å². The number of hydrogen-bond acceptors (Lipinski definition) is 2. The number of amides is 1. The Morgan fingerprint density at radius 3 is 2.55 bits per heavy atom. The molecular formula is C16H22ClNO2. The maximum Gasteiger partial charge on any atom is 0.255 e. The minimum atomic E-state index is -0.0850. The van der Waals surface area contributed by atoms with Gasteiger partial charge in [0.15, 0.2) is 0 Å². The van der Waals surface area contributed by atoms with E-state index in [1.807, 2.05) is 12.1 Å². The predicted molar refractivity (Wildman–Crippen MR) is 81.8 cm³/mol. The topological polar surface area (TPSA) is 38.3 Å². The summed E-state index contributed by atoms with van der Waals surface area (Å²) in [7, 11) is 1.54. The molecule has 3 nitrogen and oxygen atoms in total. The fourth-order valence-corrected chi connectivity index (χ4v) is 2.96. The van der Waals surface area contributed by atoms with Gasteiger partial charge in [0, 0.05) is 6.04 Å². The van der Waals surface area contributed by atoms with Crippen LogP contribution in [0.25, 0.3) is 0 Å². The van der Waals surface area contributed by atoms with E-state index in [1.54, 1.807) is 7.11 Å². The third-order valence-electron chi connectivity index (χ3n) is 3.87. The molecule has 0 aromatic heterocycles. The van der Waals surface area contributed by atoms with Crippen LogP contribution in [0.1, 0.15) is 61.4 Å². The van der Waals surface area contributed by atoms with Crippen molar-refractivity contribution >= 4 is 17.5 Å². The van der Waals surface area contributed by atoms with E-state index in [4.69, 9.17) is 16.3 Å². The van der Waals surface area contributed by atoms with E-state index in [2.05, 4.69) is 19.2 Å². The maximum absolute atomic E-state index is 12.5. The normalized spacial score (nSPS) is 15.7. The van der Waals surface area contributed by atoms with Gasteiger partial charge in [0.05, 0.1) is 17.7 Å². The zero-order chi connectivity index (χ0) is 14.7. The molecule has 1 saturated carbocycles. The molecule has 0 spiro atoms. The van der Waals surface area contributed by atoms with E-state index in [0.29, 0.717) is 22.3 Å². The molecule has 1 aromatic rings. The van der Waals surface area contributed by atoms with Gasteiger partial charge in [-0.25, -0.2) is 0 Å². The third-order valence-corrected chi connectivity index (χ3v) is 4.15. The molecule has 1 N–H and O–H groups in total. The molecule has 0 aliphatic heterocycles. The summed E-state index contributed by atoms with van der Waals surface area (Å²) in [6.45, 7) is 4.16. The highest BCUT2D eigenvalue weighted by molar-refractivity contribution is 6.32. The molecule has 0 unspecified atom stereocenters. The number of methoxy groups -OCH3 is 1. The molecule has 1 aliphatic rings. The summed E-state index contributed by atoms with van der Waals surface area (Å²) < 4.78 is 5.30. The third kappa shape index (κ3) is 3.26. The SMILES string of the molecule is COc1c(Cl)cc(C(C)C)cc1C(=O)NC1CCCC1. The lowest BCUT2D eigenvalue weighted by Crippen LogP contribution is -2.33. The molecule has 110 valence electrons. The van der Waals surface area contributed by atoms with Crippen molar-refractivity contribution in [1.82, 2.24) is 5.32 Å². The fraction of sp³-hybridized carbons (Fsp3) is 0.562. The summed E-state index contributed by atoms with van der Waals surface area (Å²) in [5.74, 6) is 0.696. The highest BCUT2D eigenvalue weighted by atomic mass is 35.5. The molecule has 4 heteroatoms. The Morgan fingerprint density at radius 2 is 2.00 bits per heavy atom. The molecule has 20 heavy (non-hydrogen) atoms. The van der Waals surface area contributed by atoms with Gasteiger partial charge in [0.2, 0.25) is 0 Å². The van der Waals surface area contributed by atoms with Crippen molar-refractivity contribution in [3.8, 4) is 5.75 Å². The van der Waals surface area contributed by atoms with Gasteiger partial charge < -0.3 is 10.1 Å². The largest absolute Gasteiger partial charge is 0.494 e. The van der Waals surface area contributed by atoms with E-state index < -0.39 is 0 Å². The number of ether oxygens (including phenoxy) is 1. The van der Waals surface area contributed by atoms with E-state index >= 15 is 0 Å². The van der Waals surface area contributed by atoms with Crippen molar-refractivity contribution in [2.24, 2.45) is 0 Å². The number of carbonyl (C=O) groups excluding carboxylic acids is 1. The standard InChI is InChI=1S/C16H22ClNO2/c1-10(2)11-8-13(15(20-3)14(17)9-11)16(19)18-12-6-4-5-7-12/h8-10,12H,4-7H2,1-3H3,(H,18,19). The molecule has 0 saturated heterocycles. The summed E-state index contributed by atoms with van der Waals surface area (Å²) in [6.07, 6.45) is 4.50. The van der Waals surface area contributed by atoms with Gasteiger partial charge in [-0.2, -0.15) is 0 Å². The Labute approximate surface area is 125 Å². The Kier molecular flexibility index (Phi) is 4.92. The summed E-state index contributed by atoms with van der Waals surface area (Å²) in [6, 6.07) is 4.05. The molecule has 1 fully saturated rings. The molecule has 0 radical (unpaired) electrons. The van der Waals surface area contributed by atoms with Crippen LogP contribution in [-0.2, 0) is 0 Å². The molecular weight excluding hydrogens is 274 g/mol. The second kappa shape index (κ2) is 6.49. The zero-order valence-corrected chi connectivity index (χ0v) is 13.1. The minimum Gasteiger partial charge on any atom is -0.494 e. The predicted octanol–water partition coefficient (Wildman–Crippen LogP) is 4.14. The quantitative estimate of drug-likeness (QED) is 0.906. The Morgan fingerprint density at radius 1 is 1.35 bits per heavy atom. The average Bonchev–Trinajstić information content (AvgIpc) is 2.90. The van der Waals surface area contributed by atoms with Crippen molar-refractivity contribution in [1.29, 1.82) is 0 Å². The highest BCUT2D eigenvalue weighted by Crippen LogP contribution is 2.33. The van der Waals surface area contributed by atoms with Crippen LogP contribution < -0.4 is 10.1 Å². The average molecular weight is 296 g/mol. The number of nitrogens with one attached hydrogen (secondary N) is 1. The number of hydrogen-bond donors (Lipinski definition) is 1. The van der Waals surface area contributed by atoms with Gasteiger partial charge in [-0.3, -0.25) is 4.79 Å². The van der Waals surface area contributed by atoms with Crippen LogP contribution in [-0.4, -0.2) is 19.1 Å². The first-order chi connectivity index (χ1) is 9.52. The number of carbonyl (C=O) groups is 1. The highest BCUT2D eigenvalue weighted by Gasteiger charge is 2.22. The van der Waals surface area contributed by atoms with Gasteiger partial charge in [0.1, 0.15) is 5.75 Å². The van der Waals surface area contributed by atoms with E-state index in [-0.39, 0.29) is 11.9 Å². The zero-order valence-electron chi connectivity index (χ0n) is 12.3. The second-order valence-electron chi connectivity index (χ2n) is 5.69. The van der Waals surface area contributed by atoms with Crippen molar-refractivity contribution in [2.75, 3.05) is 7.11 Å². The van der Waals surface area contributed by atoms with Crippen LogP contribution in [0.5, 0.6) is 5.75 Å². The van der Waals surface area contributed by atoms with Crippen LogP contribution >= 0.6 is 11.6 Å². The fourth-order valence-electron chi connectivity index (χ4n) is 2.66. The minimum absolute atomic E-state index is 0.0850. The van der Waals surface area contributed by atoms with Crippen molar-refractivity contribution < 1.29 is 9.53 Å². The number of benzene rings is 1. The lowest BCUT2D eigenvalue weighted by Gasteiger charge is -2.17. The van der Waals surface area contributed by atoms with Gasteiger partial charge in [-0.05, 0) is 36.5 Å². The molecule has 0 atom stereocenters. The number of halogens is 1. The first kappa shape index (κ1) is 15.2. The summed E-state index contributed by atoms with van der Waals surface area (Å²) in [4.78, 5) is 12.5. The molecule has 0 bridgehead atoms. The molecule has 1 aromatic carbocycles. The van der Waals surface area contributed by atoms with Crippen molar-refractivity contribution in [2.45, 2.75) is 51.5 Å². The Hall–Kier alpha value is -1.22. The monoisotopic (exact) mass is 295 g/mol. The summed E-state index contributed by atoms with van der Waals surface area (Å²) in [5, 5.41) is 3.58. The smallest absolute Gasteiger partial charge is 0.255 e. The van der Waals surface area contributed by atoms with Crippen LogP contribution in [0.2, 0.25) is 5.02 Å². The van der Waals surface area contributed by atoms with E-state index in [1.165, 1.54) is 12.8 Å². The van der Waals surface area contributed by atoms with Gasteiger partial charge >= 0.3 is 0 Å². The van der Waals surface area contributed by atoms with Crippen LogP contribution in [0.3, 0.4) is 0 Å². The second-order valence-corrected chi connectivity index (χ2v) is 6.10. The van der Waals surface area contributed by atoms with Gasteiger partial charge in [0.25, 0.3) is 5.91 Å². The van der Waals surface area contributed by atoms with Crippen LogP contribution in [0.4, 0.5) is 0 Å². The lowest BCUT2D eigenvalue weighted by molar-refractivity contribution is 0.0934. The van der Waals surface area contributed by atoms with Crippen LogP contribution in [0.15, 0.2) is 12.1 Å².